The molecule has 1 aromatic carbocycles. The maximum absolute atomic E-state index is 12.1. The van der Waals surface area contributed by atoms with E-state index < -0.39 is 17.8 Å². The minimum absolute atomic E-state index is 0.161. The molecule has 1 amide bonds. The van der Waals surface area contributed by atoms with Crippen LogP contribution in [0.25, 0.3) is 0 Å². The molecule has 0 aromatic heterocycles. The van der Waals surface area contributed by atoms with Gasteiger partial charge in [-0.3, -0.25) is 9.59 Å². The van der Waals surface area contributed by atoms with Crippen LogP contribution in [0.3, 0.4) is 0 Å². The van der Waals surface area contributed by atoms with Gasteiger partial charge in [0.1, 0.15) is 5.75 Å². The summed E-state index contributed by atoms with van der Waals surface area (Å²) in [6.07, 6.45) is 2.05. The standard InChI is InChI=1S/C15H19NO4/c1-20-11-7-5-10(6-8-11)9-16-14(17)12-3-2-4-13(12)15(18)19/h5-8,12-13H,2-4,9H2,1H3,(H,16,17)(H,18,19). The smallest absolute Gasteiger partial charge is 0.307 e. The molecule has 1 fully saturated rings. The summed E-state index contributed by atoms with van der Waals surface area (Å²) in [5.74, 6) is -1.20. The molecule has 2 unspecified atom stereocenters. The molecular formula is C15H19NO4. The fourth-order valence-corrected chi connectivity index (χ4v) is 2.63. The highest BCUT2D eigenvalue weighted by atomic mass is 16.5. The summed E-state index contributed by atoms with van der Waals surface area (Å²) in [5, 5.41) is 11.9. The Bertz CT molecular complexity index is 483. The number of carboxylic acids is 1. The first-order valence-corrected chi connectivity index (χ1v) is 6.75. The fraction of sp³-hybridized carbons (Fsp3) is 0.467. The van der Waals surface area contributed by atoms with Gasteiger partial charge >= 0.3 is 5.97 Å². The lowest BCUT2D eigenvalue weighted by atomic mass is 9.95. The molecule has 0 bridgehead atoms. The first kappa shape index (κ1) is 14.4. The molecule has 2 atom stereocenters. The Balaban J connectivity index is 1.89. The maximum Gasteiger partial charge on any atom is 0.307 e. The summed E-state index contributed by atoms with van der Waals surface area (Å²) in [7, 11) is 1.60. The van der Waals surface area contributed by atoms with E-state index in [1.165, 1.54) is 0 Å². The maximum atomic E-state index is 12.1. The number of amides is 1. The van der Waals surface area contributed by atoms with Gasteiger partial charge in [-0.25, -0.2) is 0 Å². The first-order chi connectivity index (χ1) is 9.61. The fourth-order valence-electron chi connectivity index (χ4n) is 2.63. The predicted molar refractivity (Wildman–Crippen MR) is 73.3 cm³/mol. The molecular weight excluding hydrogens is 258 g/mol. The number of benzene rings is 1. The number of rotatable bonds is 5. The second-order valence-corrected chi connectivity index (χ2v) is 5.05. The van der Waals surface area contributed by atoms with Crippen LogP contribution in [0.15, 0.2) is 24.3 Å². The SMILES string of the molecule is COc1ccc(CNC(=O)C2CCCC2C(=O)O)cc1. The van der Waals surface area contributed by atoms with E-state index in [-0.39, 0.29) is 5.91 Å². The molecule has 1 saturated carbocycles. The molecule has 1 aliphatic rings. The second-order valence-electron chi connectivity index (χ2n) is 5.05. The third-order valence-corrected chi connectivity index (χ3v) is 3.80. The van der Waals surface area contributed by atoms with Crippen molar-refractivity contribution in [1.82, 2.24) is 5.32 Å². The van der Waals surface area contributed by atoms with Gasteiger partial charge in [0.15, 0.2) is 0 Å². The minimum Gasteiger partial charge on any atom is -0.497 e. The van der Waals surface area contributed by atoms with Gasteiger partial charge in [-0.2, -0.15) is 0 Å². The Hall–Kier alpha value is -2.04. The number of nitrogens with one attached hydrogen (secondary N) is 1. The lowest BCUT2D eigenvalue weighted by Gasteiger charge is -2.15. The van der Waals surface area contributed by atoms with Crippen molar-refractivity contribution in [2.24, 2.45) is 11.8 Å². The van der Waals surface area contributed by atoms with E-state index in [1.807, 2.05) is 24.3 Å². The highest BCUT2D eigenvalue weighted by Gasteiger charge is 2.37. The first-order valence-electron chi connectivity index (χ1n) is 6.75. The van der Waals surface area contributed by atoms with Gasteiger partial charge in [0.25, 0.3) is 0 Å². The molecule has 5 heteroatoms. The highest BCUT2D eigenvalue weighted by Crippen LogP contribution is 2.32. The predicted octanol–water partition coefficient (Wildman–Crippen LogP) is 1.81. The number of carbonyl (C=O) groups excluding carboxylic acids is 1. The lowest BCUT2D eigenvalue weighted by molar-refractivity contribution is -0.146. The van der Waals surface area contributed by atoms with Crippen molar-refractivity contribution in [3.8, 4) is 5.75 Å². The van der Waals surface area contributed by atoms with Gasteiger partial charge in [-0.1, -0.05) is 18.6 Å². The average Bonchev–Trinajstić information content (AvgIpc) is 2.95. The van der Waals surface area contributed by atoms with E-state index in [9.17, 15) is 9.59 Å². The van der Waals surface area contributed by atoms with Crippen LogP contribution in [-0.2, 0) is 16.1 Å². The molecule has 0 heterocycles. The molecule has 2 N–H and O–H groups in total. The van der Waals surface area contributed by atoms with Crippen molar-refractivity contribution in [3.05, 3.63) is 29.8 Å². The van der Waals surface area contributed by atoms with Crippen LogP contribution in [0, 0.1) is 11.8 Å². The number of ether oxygens (including phenoxy) is 1. The third-order valence-electron chi connectivity index (χ3n) is 3.80. The normalized spacial score (nSPS) is 21.4. The molecule has 1 aliphatic carbocycles. The van der Waals surface area contributed by atoms with Crippen molar-refractivity contribution in [3.63, 3.8) is 0 Å². The number of carbonyl (C=O) groups is 2. The zero-order valence-electron chi connectivity index (χ0n) is 11.5. The van der Waals surface area contributed by atoms with E-state index in [4.69, 9.17) is 9.84 Å². The van der Waals surface area contributed by atoms with E-state index in [1.54, 1.807) is 7.11 Å². The number of carboxylic acid groups (broad SMARTS) is 1. The van der Waals surface area contributed by atoms with Gasteiger partial charge < -0.3 is 15.2 Å². The monoisotopic (exact) mass is 277 g/mol. The zero-order chi connectivity index (χ0) is 14.5. The number of methoxy groups -OCH3 is 1. The minimum atomic E-state index is -0.868. The van der Waals surface area contributed by atoms with Crippen molar-refractivity contribution < 1.29 is 19.4 Å². The van der Waals surface area contributed by atoms with Gasteiger partial charge in [-0.15, -0.1) is 0 Å². The van der Waals surface area contributed by atoms with E-state index >= 15 is 0 Å². The van der Waals surface area contributed by atoms with Crippen LogP contribution in [0.4, 0.5) is 0 Å². The molecule has 0 radical (unpaired) electrons. The van der Waals surface area contributed by atoms with Gasteiger partial charge in [0, 0.05) is 6.54 Å². The summed E-state index contributed by atoms with van der Waals surface area (Å²) in [5.41, 5.74) is 0.962. The van der Waals surface area contributed by atoms with Crippen molar-refractivity contribution in [2.45, 2.75) is 25.8 Å². The molecule has 108 valence electrons. The van der Waals surface area contributed by atoms with Gasteiger partial charge in [-0.05, 0) is 30.5 Å². The largest absolute Gasteiger partial charge is 0.497 e. The molecule has 0 spiro atoms. The topological polar surface area (TPSA) is 75.6 Å². The Kier molecular flexibility index (Phi) is 4.61. The Morgan fingerprint density at radius 2 is 1.90 bits per heavy atom. The van der Waals surface area contributed by atoms with Crippen LogP contribution in [0.1, 0.15) is 24.8 Å². The number of hydrogen-bond acceptors (Lipinski definition) is 3. The highest BCUT2D eigenvalue weighted by molar-refractivity contribution is 5.85. The van der Waals surface area contributed by atoms with Crippen LogP contribution >= 0.6 is 0 Å². The summed E-state index contributed by atoms with van der Waals surface area (Å²) in [6.45, 7) is 0.408. The van der Waals surface area contributed by atoms with Crippen molar-refractivity contribution in [1.29, 1.82) is 0 Å². The van der Waals surface area contributed by atoms with E-state index in [2.05, 4.69) is 5.32 Å². The average molecular weight is 277 g/mol. The van der Waals surface area contributed by atoms with Crippen LogP contribution in [0.2, 0.25) is 0 Å². The second kappa shape index (κ2) is 6.41. The van der Waals surface area contributed by atoms with Crippen LogP contribution in [0.5, 0.6) is 5.75 Å². The quantitative estimate of drug-likeness (QED) is 0.860. The number of hydrogen-bond donors (Lipinski definition) is 2. The lowest BCUT2D eigenvalue weighted by Crippen LogP contribution is -2.34. The molecule has 2 rings (SSSR count). The summed E-state index contributed by atoms with van der Waals surface area (Å²) < 4.78 is 5.06. The molecule has 1 aromatic rings. The van der Waals surface area contributed by atoms with Crippen LogP contribution in [-0.4, -0.2) is 24.1 Å². The zero-order valence-corrected chi connectivity index (χ0v) is 11.5. The van der Waals surface area contributed by atoms with Crippen molar-refractivity contribution in [2.75, 3.05) is 7.11 Å². The summed E-state index contributed by atoms with van der Waals surface area (Å²) in [6, 6.07) is 7.42. The molecule has 5 nitrogen and oxygen atoms in total. The molecule has 20 heavy (non-hydrogen) atoms. The Morgan fingerprint density at radius 1 is 1.25 bits per heavy atom. The number of aliphatic carboxylic acids is 1. The summed E-state index contributed by atoms with van der Waals surface area (Å²) >= 11 is 0. The Morgan fingerprint density at radius 3 is 2.50 bits per heavy atom. The molecule has 0 saturated heterocycles. The van der Waals surface area contributed by atoms with E-state index in [0.717, 1.165) is 17.7 Å². The van der Waals surface area contributed by atoms with Gasteiger partial charge in [0.2, 0.25) is 5.91 Å². The third kappa shape index (κ3) is 3.29. The van der Waals surface area contributed by atoms with Crippen LogP contribution < -0.4 is 10.1 Å². The summed E-state index contributed by atoms with van der Waals surface area (Å²) in [4.78, 5) is 23.1. The Labute approximate surface area is 117 Å². The van der Waals surface area contributed by atoms with E-state index in [0.29, 0.717) is 19.4 Å². The van der Waals surface area contributed by atoms with Crippen molar-refractivity contribution >= 4 is 11.9 Å². The molecule has 0 aliphatic heterocycles. The van der Waals surface area contributed by atoms with Gasteiger partial charge in [0.05, 0.1) is 18.9 Å².